The molecule has 8 rings (SSSR count). The molecule has 0 N–H and O–H groups in total. The zero-order valence-electron chi connectivity index (χ0n) is 49.5. The summed E-state index contributed by atoms with van der Waals surface area (Å²) in [6, 6.07) is 6.63. The van der Waals surface area contributed by atoms with Crippen LogP contribution in [0.4, 0.5) is 76.2 Å². The fourth-order valence-electron chi connectivity index (χ4n) is 10.2. The standard InChI is InChI=1S/C29H33F6N7O2.C25H28BrF6N7.C4H6O2/c1-4-41(16-19-7-5-6-8-19)26-22(11-20(15-36-26)9-10-25(43)44-3)18-42(27-37-39-40(2)38-27)17-21-12-23(28(30,31)32)14-24(13-21)29(33,34)35;1-3-38(13-16-6-4-5-7-16)22-18(10-21(26)12-33-22)15-39(23-34-36-37(2)35-23)14-17-8-19(24(27,28)29)11-20(9-17)25(30,31)32;1-3-4(5)6-2/h9-15,19H,4-8,16-18H2,1-3H3;8-12,16H,3-7,13-15H2,1-2H3;3H,1H2,2H3/b10-9+;;. The van der Waals surface area contributed by atoms with Gasteiger partial charge < -0.3 is 29.1 Å². The van der Waals surface area contributed by atoms with Gasteiger partial charge in [0, 0.05) is 86.0 Å². The lowest BCUT2D eigenvalue weighted by atomic mass is 10.0. The lowest BCUT2D eigenvalue weighted by molar-refractivity contribution is -0.144. The molecule has 0 unspecified atom stereocenters. The molecule has 6 aromatic rings. The number of halogens is 13. The van der Waals surface area contributed by atoms with Gasteiger partial charge in [0.1, 0.15) is 11.6 Å². The molecule has 31 heteroatoms. The predicted molar refractivity (Wildman–Crippen MR) is 309 cm³/mol. The number of esters is 2. The molecule has 4 aromatic heterocycles. The Bertz CT molecular complexity index is 3280. The predicted octanol–water partition coefficient (Wildman–Crippen LogP) is 13.0. The number of anilines is 4. The van der Waals surface area contributed by atoms with Crippen molar-refractivity contribution in [2.45, 2.75) is 116 Å². The smallest absolute Gasteiger partial charge is 0.416 e. The van der Waals surface area contributed by atoms with E-state index in [1.54, 1.807) is 18.5 Å². The largest absolute Gasteiger partial charge is 0.466 e. The Kier molecular flexibility index (Phi) is 24.5. The van der Waals surface area contributed by atoms with E-state index in [4.69, 9.17) is 0 Å². The summed E-state index contributed by atoms with van der Waals surface area (Å²) in [7, 11) is 5.56. The molecule has 2 saturated carbocycles. The highest BCUT2D eigenvalue weighted by Crippen LogP contribution is 2.40. The maximum Gasteiger partial charge on any atom is 0.416 e. The highest BCUT2D eigenvalue weighted by atomic mass is 79.9. The van der Waals surface area contributed by atoms with Crippen LogP contribution in [0.1, 0.15) is 115 Å². The summed E-state index contributed by atoms with van der Waals surface area (Å²) in [5.74, 6) is 1.38. The minimum absolute atomic E-state index is 0.00114. The lowest BCUT2D eigenvalue weighted by Gasteiger charge is -2.29. The van der Waals surface area contributed by atoms with Crippen LogP contribution in [0.3, 0.4) is 0 Å². The van der Waals surface area contributed by atoms with Gasteiger partial charge in [0.25, 0.3) is 11.9 Å². The van der Waals surface area contributed by atoms with Crippen molar-refractivity contribution in [1.29, 1.82) is 0 Å². The van der Waals surface area contributed by atoms with E-state index < -0.39 is 65.4 Å². The van der Waals surface area contributed by atoms with Gasteiger partial charge in [-0.25, -0.2) is 19.6 Å². The number of aryl methyl sites for hydroxylation is 2. The van der Waals surface area contributed by atoms with Gasteiger partial charge in [-0.2, -0.15) is 62.3 Å². The number of tetrazole rings is 2. The number of alkyl halides is 12. The maximum atomic E-state index is 13.6. The van der Waals surface area contributed by atoms with Crippen molar-refractivity contribution in [3.05, 3.63) is 134 Å². The number of nitrogens with zero attached hydrogens (tertiary/aromatic N) is 14. The van der Waals surface area contributed by atoms with Gasteiger partial charge >= 0.3 is 36.6 Å². The van der Waals surface area contributed by atoms with E-state index >= 15 is 0 Å². The van der Waals surface area contributed by atoms with Crippen LogP contribution in [0.25, 0.3) is 6.08 Å². The second-order valence-corrected chi connectivity index (χ2v) is 22.0. The first-order chi connectivity index (χ1) is 41.9. The van der Waals surface area contributed by atoms with Gasteiger partial charge in [-0.05, 0) is 149 Å². The number of hydrogen-bond acceptors (Lipinski definition) is 16. The number of carbonyl (C=O) groups is 2. The molecule has 2 aliphatic rings. The summed E-state index contributed by atoms with van der Waals surface area (Å²) >= 11 is 3.44. The third-order valence-electron chi connectivity index (χ3n) is 14.4. The van der Waals surface area contributed by atoms with E-state index in [1.807, 2.05) is 19.9 Å². The maximum absolute atomic E-state index is 13.6. The second kappa shape index (κ2) is 31.1. The first kappa shape index (κ1) is 70.2. The number of carbonyl (C=O) groups excluding carboxylic acids is 2. The van der Waals surface area contributed by atoms with Crippen LogP contribution in [0, 0.1) is 11.8 Å². The Balaban J connectivity index is 0.000000261. The molecule has 484 valence electrons. The van der Waals surface area contributed by atoms with Gasteiger partial charge in [-0.3, -0.25) is 0 Å². The van der Waals surface area contributed by atoms with Gasteiger partial charge in [0.05, 0.1) is 57.1 Å². The number of hydrogen-bond donors (Lipinski definition) is 0. The van der Waals surface area contributed by atoms with Crippen molar-refractivity contribution < 1.29 is 71.7 Å². The minimum Gasteiger partial charge on any atom is -0.466 e. The second-order valence-electron chi connectivity index (χ2n) is 21.0. The van der Waals surface area contributed by atoms with Crippen molar-refractivity contribution >= 4 is 57.5 Å². The van der Waals surface area contributed by atoms with Gasteiger partial charge in [-0.1, -0.05) is 42.5 Å². The SMILES string of the molecule is C=CC(=O)OC.CCN(CC1CCCC1)c1ncc(/C=C/C(=O)OC)cc1CN(Cc1cc(C(F)(F)F)cc(C(F)(F)F)c1)c1nnn(C)n1.CCN(CC1CCCC1)c1ncc(Br)cc1CN(Cc1cc(C(F)(F)F)cc(C(F)(F)F)c1)c1nnn(C)n1. The van der Waals surface area contributed by atoms with Crippen LogP contribution in [0.15, 0.2) is 84.1 Å². The molecule has 0 spiro atoms. The quantitative estimate of drug-likeness (QED) is 0.0377. The van der Waals surface area contributed by atoms with Crippen molar-refractivity contribution in [1.82, 2.24) is 50.4 Å². The Morgan fingerprint density at radius 3 is 1.28 bits per heavy atom. The number of methoxy groups -OCH3 is 2. The number of rotatable bonds is 21. The molecule has 89 heavy (non-hydrogen) atoms. The Labute approximate surface area is 514 Å². The minimum atomic E-state index is -5.00. The Morgan fingerprint density at radius 1 is 0.573 bits per heavy atom. The zero-order valence-corrected chi connectivity index (χ0v) is 51.1. The molecule has 2 aliphatic carbocycles. The lowest BCUT2D eigenvalue weighted by Crippen LogP contribution is -2.32. The monoisotopic (exact) mass is 1330 g/mol. The Morgan fingerprint density at radius 2 is 0.955 bits per heavy atom. The molecule has 2 fully saturated rings. The fraction of sp³-hybridized carbons (Fsp3) is 0.483. The summed E-state index contributed by atoms with van der Waals surface area (Å²) in [6.45, 7) is 9.33. The summed E-state index contributed by atoms with van der Waals surface area (Å²) in [5.41, 5.74) is -4.15. The van der Waals surface area contributed by atoms with Crippen LogP contribution in [-0.2, 0) is 84.0 Å². The van der Waals surface area contributed by atoms with Crippen molar-refractivity contribution in [3.8, 4) is 0 Å². The van der Waals surface area contributed by atoms with E-state index in [0.717, 1.165) is 80.2 Å². The zero-order chi connectivity index (χ0) is 65.4. The first-order valence-electron chi connectivity index (χ1n) is 28.0. The number of pyridine rings is 2. The molecule has 18 nitrogen and oxygen atoms in total. The molecule has 0 aliphatic heterocycles. The topological polar surface area (TPSA) is 179 Å². The molecule has 0 amide bonds. The highest BCUT2D eigenvalue weighted by molar-refractivity contribution is 9.10. The van der Waals surface area contributed by atoms with E-state index in [9.17, 15) is 62.3 Å². The number of aromatic nitrogens is 10. The normalized spacial score (nSPS) is 14.0. The van der Waals surface area contributed by atoms with Gasteiger partial charge in [0.2, 0.25) is 0 Å². The van der Waals surface area contributed by atoms with Crippen molar-refractivity contribution in [2.75, 3.05) is 60.0 Å². The average molecular weight is 1330 g/mol. The van der Waals surface area contributed by atoms with E-state index in [2.05, 4.69) is 82.6 Å². The fourth-order valence-corrected chi connectivity index (χ4v) is 10.6. The summed E-state index contributed by atoms with van der Waals surface area (Å²) < 4.78 is 172. The molecular formula is C58H67BrF12N14O4. The van der Waals surface area contributed by atoms with Gasteiger partial charge in [-0.15, -0.1) is 10.2 Å². The average Bonchev–Trinajstić information content (AvgIpc) is 1.86. The molecule has 0 atom stereocenters. The highest BCUT2D eigenvalue weighted by Gasteiger charge is 2.39. The summed E-state index contributed by atoms with van der Waals surface area (Å²) in [5, 5.41) is 24.0. The number of benzene rings is 2. The van der Waals surface area contributed by atoms with Crippen molar-refractivity contribution in [2.24, 2.45) is 25.9 Å². The molecule has 4 heterocycles. The molecule has 0 bridgehead atoms. The van der Waals surface area contributed by atoms with Crippen LogP contribution in [0.2, 0.25) is 0 Å². The van der Waals surface area contributed by atoms with Crippen molar-refractivity contribution in [3.63, 3.8) is 0 Å². The molecular weight excluding hydrogens is 1260 g/mol. The van der Waals surface area contributed by atoms with Crippen LogP contribution >= 0.6 is 15.9 Å². The molecule has 2 aromatic carbocycles. The Hall–Kier alpha value is -7.86. The van der Waals surface area contributed by atoms with Gasteiger partial charge in [0.15, 0.2) is 0 Å². The van der Waals surface area contributed by atoms with E-state index in [-0.39, 0.29) is 54.8 Å². The van der Waals surface area contributed by atoms with Crippen LogP contribution in [0.5, 0.6) is 0 Å². The number of ether oxygens (including phenoxy) is 2. The van der Waals surface area contributed by atoms with E-state index in [0.29, 0.717) is 64.3 Å². The molecule has 0 saturated heterocycles. The first-order valence-corrected chi connectivity index (χ1v) is 28.8. The summed E-state index contributed by atoms with van der Waals surface area (Å²) in [6.07, 6.45) is -3.71. The molecule has 0 radical (unpaired) electrons. The third kappa shape index (κ3) is 20.9. The van der Waals surface area contributed by atoms with Crippen LogP contribution in [-0.4, -0.2) is 103 Å². The van der Waals surface area contributed by atoms with E-state index in [1.165, 1.54) is 67.9 Å². The van der Waals surface area contributed by atoms with Crippen LogP contribution < -0.4 is 19.6 Å². The summed E-state index contributed by atoms with van der Waals surface area (Å²) in [4.78, 5) is 40.4. The third-order valence-corrected chi connectivity index (χ3v) is 14.9.